The van der Waals surface area contributed by atoms with Gasteiger partial charge in [-0.05, 0) is 65.6 Å². The number of likely N-dealkylation sites (tertiary alicyclic amines) is 1. The molecule has 0 saturated carbocycles. The van der Waals surface area contributed by atoms with E-state index in [0.29, 0.717) is 29.6 Å². The Morgan fingerprint density at radius 3 is 2.00 bits per heavy atom. The Labute approximate surface area is 207 Å². The van der Waals surface area contributed by atoms with Crippen LogP contribution in [0.2, 0.25) is 10.0 Å². The molecule has 0 aromatic heterocycles. The quantitative estimate of drug-likeness (QED) is 0.586. The van der Waals surface area contributed by atoms with Gasteiger partial charge in [-0.15, -0.1) is 0 Å². The molecule has 3 rings (SSSR count). The van der Waals surface area contributed by atoms with Gasteiger partial charge in [-0.2, -0.15) is 0 Å². The molecule has 0 spiro atoms. The number of halogens is 2. The molecular formula is C26H36Cl2N2O3. The summed E-state index contributed by atoms with van der Waals surface area (Å²) in [5.41, 5.74) is 1.64. The highest BCUT2D eigenvalue weighted by Gasteiger charge is 2.40. The largest absolute Gasteiger partial charge is 0.412 e. The number of nitrogens with zero attached hydrogens (tertiary/aromatic N) is 1. The lowest BCUT2D eigenvalue weighted by Gasteiger charge is -2.45. The highest BCUT2D eigenvalue weighted by molar-refractivity contribution is 6.30. The van der Waals surface area contributed by atoms with E-state index >= 15 is 0 Å². The molecule has 33 heavy (non-hydrogen) atoms. The van der Waals surface area contributed by atoms with Crippen LogP contribution >= 0.6 is 23.2 Å². The molecule has 2 aromatic rings. The first-order valence-corrected chi connectivity index (χ1v) is 11.4. The van der Waals surface area contributed by atoms with Crippen molar-refractivity contribution in [3.8, 4) is 0 Å². The average Bonchev–Trinajstić information content (AvgIpc) is 2.72. The van der Waals surface area contributed by atoms with Crippen LogP contribution in [0.1, 0.15) is 63.4 Å². The van der Waals surface area contributed by atoms with Gasteiger partial charge in [0.1, 0.15) is 6.04 Å². The summed E-state index contributed by atoms with van der Waals surface area (Å²) >= 11 is 12.0. The fraction of sp³-hybridized carbons (Fsp3) is 0.462. The summed E-state index contributed by atoms with van der Waals surface area (Å²) < 4.78 is 0. The molecule has 1 aliphatic heterocycles. The van der Waals surface area contributed by atoms with Gasteiger partial charge in [-0.3, -0.25) is 9.59 Å². The first-order chi connectivity index (χ1) is 14.6. The molecule has 0 bridgehead atoms. The number of carbonyl (C=O) groups is 2. The molecule has 1 unspecified atom stereocenters. The molecule has 1 fully saturated rings. The molecule has 5 nitrogen and oxygen atoms in total. The zero-order chi connectivity index (χ0) is 22.8. The van der Waals surface area contributed by atoms with Crippen LogP contribution in [0.15, 0.2) is 48.5 Å². The SMILES string of the molecule is C.CC(C)[C@@H](NC(=O)c1ccc(Cl)cc1)C(=O)N1CCC(c2ccc(Cl)cc2)C(C)(C)C1.O. The summed E-state index contributed by atoms with van der Waals surface area (Å²) in [6.07, 6.45) is 0.871. The molecule has 0 aliphatic carbocycles. The van der Waals surface area contributed by atoms with Gasteiger partial charge in [0.2, 0.25) is 5.91 Å². The minimum Gasteiger partial charge on any atom is -0.412 e. The molecular weight excluding hydrogens is 459 g/mol. The lowest BCUT2D eigenvalue weighted by atomic mass is 9.70. The van der Waals surface area contributed by atoms with Crippen molar-refractivity contribution in [2.45, 2.75) is 53.5 Å². The van der Waals surface area contributed by atoms with Crippen LogP contribution in [0.4, 0.5) is 0 Å². The van der Waals surface area contributed by atoms with Gasteiger partial charge in [-0.25, -0.2) is 0 Å². The third-order valence-corrected chi connectivity index (χ3v) is 6.64. The normalized spacial score (nSPS) is 18.0. The molecule has 7 heteroatoms. The number of hydrogen-bond acceptors (Lipinski definition) is 2. The molecule has 2 atom stereocenters. The maximum atomic E-state index is 13.4. The number of piperidine rings is 1. The Morgan fingerprint density at radius 2 is 1.52 bits per heavy atom. The maximum Gasteiger partial charge on any atom is 0.251 e. The average molecular weight is 495 g/mol. The second kappa shape index (κ2) is 11.9. The summed E-state index contributed by atoms with van der Waals surface area (Å²) in [6.45, 7) is 9.60. The van der Waals surface area contributed by atoms with E-state index in [0.717, 1.165) is 11.4 Å². The third kappa shape index (κ3) is 6.95. The first-order valence-electron chi connectivity index (χ1n) is 10.7. The van der Waals surface area contributed by atoms with Crippen molar-refractivity contribution < 1.29 is 15.1 Å². The van der Waals surface area contributed by atoms with Crippen LogP contribution in [0.3, 0.4) is 0 Å². The van der Waals surface area contributed by atoms with Gasteiger partial charge >= 0.3 is 0 Å². The monoisotopic (exact) mass is 494 g/mol. The molecule has 3 N–H and O–H groups in total. The van der Waals surface area contributed by atoms with Gasteiger partial charge in [0.15, 0.2) is 0 Å². The molecule has 182 valence electrons. The molecule has 2 aromatic carbocycles. The van der Waals surface area contributed by atoms with Gasteiger partial charge in [-0.1, -0.05) is 70.5 Å². The molecule has 1 heterocycles. The minimum absolute atomic E-state index is 0. The van der Waals surface area contributed by atoms with E-state index in [1.807, 2.05) is 30.9 Å². The van der Waals surface area contributed by atoms with E-state index in [4.69, 9.17) is 23.2 Å². The molecule has 1 aliphatic rings. The van der Waals surface area contributed by atoms with Gasteiger partial charge in [0.25, 0.3) is 5.91 Å². The molecule has 0 radical (unpaired) electrons. The van der Waals surface area contributed by atoms with Crippen molar-refractivity contribution in [2.75, 3.05) is 13.1 Å². The minimum atomic E-state index is -0.578. The van der Waals surface area contributed by atoms with Crippen LogP contribution in [-0.4, -0.2) is 41.3 Å². The summed E-state index contributed by atoms with van der Waals surface area (Å²) in [6, 6.07) is 14.1. The number of rotatable bonds is 5. The second-order valence-electron chi connectivity index (χ2n) is 9.34. The van der Waals surface area contributed by atoms with Crippen molar-refractivity contribution >= 4 is 35.0 Å². The Kier molecular flexibility index (Phi) is 10.4. The van der Waals surface area contributed by atoms with Crippen molar-refractivity contribution in [3.05, 3.63) is 69.7 Å². The zero-order valence-corrected chi connectivity index (χ0v) is 20.5. The van der Waals surface area contributed by atoms with Crippen molar-refractivity contribution in [3.63, 3.8) is 0 Å². The first kappa shape index (κ1) is 29.0. The van der Waals surface area contributed by atoms with E-state index in [-0.39, 0.29) is 36.1 Å². The van der Waals surface area contributed by atoms with E-state index in [9.17, 15) is 9.59 Å². The van der Waals surface area contributed by atoms with Crippen molar-refractivity contribution in [1.29, 1.82) is 0 Å². The van der Waals surface area contributed by atoms with E-state index < -0.39 is 6.04 Å². The fourth-order valence-corrected chi connectivity index (χ4v) is 4.65. The smallest absolute Gasteiger partial charge is 0.251 e. The number of nitrogens with one attached hydrogen (secondary N) is 1. The van der Waals surface area contributed by atoms with Crippen LogP contribution in [0, 0.1) is 11.3 Å². The fourth-order valence-electron chi connectivity index (χ4n) is 4.39. The standard InChI is InChI=1S/C25H30Cl2N2O2.CH4.H2O/c1-16(2)22(28-23(30)18-7-11-20(27)12-8-18)24(31)29-14-13-21(25(3,4)15-29)17-5-9-19(26)10-6-17;;/h5-12,16,21-22H,13-15H2,1-4H3,(H,28,30);1H4;1H2/t21?,22-;;/m1../s1. The summed E-state index contributed by atoms with van der Waals surface area (Å²) in [4.78, 5) is 28.0. The molecule has 1 saturated heterocycles. The lowest BCUT2D eigenvalue weighted by Crippen LogP contribution is -2.55. The van der Waals surface area contributed by atoms with Crippen LogP contribution in [-0.2, 0) is 4.79 Å². The van der Waals surface area contributed by atoms with Gasteiger partial charge in [0.05, 0.1) is 0 Å². The van der Waals surface area contributed by atoms with Crippen LogP contribution in [0.25, 0.3) is 0 Å². The van der Waals surface area contributed by atoms with E-state index in [1.54, 1.807) is 24.3 Å². The van der Waals surface area contributed by atoms with Gasteiger partial charge in [0, 0.05) is 28.7 Å². The highest BCUT2D eigenvalue weighted by Crippen LogP contribution is 2.42. The van der Waals surface area contributed by atoms with E-state index in [2.05, 4.69) is 31.3 Å². The topological polar surface area (TPSA) is 80.9 Å². The third-order valence-electron chi connectivity index (χ3n) is 6.14. The Hall–Kier alpha value is -2.08. The van der Waals surface area contributed by atoms with Crippen LogP contribution < -0.4 is 5.32 Å². The second-order valence-corrected chi connectivity index (χ2v) is 10.2. The van der Waals surface area contributed by atoms with Crippen molar-refractivity contribution in [1.82, 2.24) is 10.2 Å². The highest BCUT2D eigenvalue weighted by atomic mass is 35.5. The Morgan fingerprint density at radius 1 is 1.00 bits per heavy atom. The Balaban J connectivity index is 0.00000272. The number of amides is 2. The molecule has 2 amide bonds. The lowest BCUT2D eigenvalue weighted by molar-refractivity contribution is -0.137. The maximum absolute atomic E-state index is 13.4. The van der Waals surface area contributed by atoms with Crippen LogP contribution in [0.5, 0.6) is 0 Å². The van der Waals surface area contributed by atoms with Crippen molar-refractivity contribution in [2.24, 2.45) is 11.3 Å². The summed E-state index contributed by atoms with van der Waals surface area (Å²) in [5, 5.41) is 4.23. The predicted molar refractivity (Wildman–Crippen MR) is 137 cm³/mol. The zero-order valence-electron chi connectivity index (χ0n) is 19.0. The Bertz CT molecular complexity index is 928. The summed E-state index contributed by atoms with van der Waals surface area (Å²) in [5.74, 6) is 0.0230. The van der Waals surface area contributed by atoms with E-state index in [1.165, 1.54) is 5.56 Å². The number of carbonyl (C=O) groups excluding carboxylic acids is 2. The summed E-state index contributed by atoms with van der Waals surface area (Å²) in [7, 11) is 0. The van der Waals surface area contributed by atoms with Gasteiger partial charge < -0.3 is 15.7 Å². The number of hydrogen-bond donors (Lipinski definition) is 1. The number of benzene rings is 2. The predicted octanol–water partition coefficient (Wildman–Crippen LogP) is 5.60.